The zero-order valence-corrected chi connectivity index (χ0v) is 16.2. The fourth-order valence-corrected chi connectivity index (χ4v) is 3.14. The zero-order valence-electron chi connectivity index (χ0n) is 14.7. The number of ether oxygens (including phenoxy) is 1. The second-order valence-electron chi connectivity index (χ2n) is 5.85. The second-order valence-corrected chi connectivity index (χ2v) is 6.73. The van der Waals surface area contributed by atoms with Crippen molar-refractivity contribution in [3.8, 4) is 0 Å². The van der Waals surface area contributed by atoms with Crippen LogP contribution in [0.3, 0.4) is 0 Å². The lowest BCUT2D eigenvalue weighted by molar-refractivity contribution is -0.0691. The number of halogens is 5. The van der Waals surface area contributed by atoms with Gasteiger partial charge >= 0.3 is 12.1 Å². The first-order chi connectivity index (χ1) is 13.1. The highest BCUT2D eigenvalue weighted by Gasteiger charge is 2.36. The van der Waals surface area contributed by atoms with Crippen molar-refractivity contribution in [2.45, 2.75) is 19.1 Å². The molecule has 0 spiro atoms. The van der Waals surface area contributed by atoms with Gasteiger partial charge in [-0.3, -0.25) is 0 Å². The van der Waals surface area contributed by atoms with Gasteiger partial charge in [0.2, 0.25) is 0 Å². The fraction of sp³-hybridized carbons (Fsp3) is 0.211. The van der Waals surface area contributed by atoms with Gasteiger partial charge in [0.15, 0.2) is 0 Å². The summed E-state index contributed by atoms with van der Waals surface area (Å²) in [6.07, 6.45) is -4.08. The molecule has 9 heteroatoms. The fourth-order valence-electron chi connectivity index (χ4n) is 2.62. The number of aryl methyl sites for hydroxylation is 1. The third-order valence-corrected chi connectivity index (χ3v) is 4.35. The van der Waals surface area contributed by atoms with Gasteiger partial charge in [0, 0.05) is 10.0 Å². The van der Waals surface area contributed by atoms with Gasteiger partial charge in [0.1, 0.15) is 6.04 Å². The molecule has 2 rings (SSSR count). The molecule has 4 nitrogen and oxygen atoms in total. The normalized spacial score (nSPS) is 13.2. The van der Waals surface area contributed by atoms with Gasteiger partial charge in [-0.05, 0) is 54.0 Å². The van der Waals surface area contributed by atoms with Gasteiger partial charge in [-0.25, -0.2) is 4.79 Å². The molecule has 28 heavy (non-hydrogen) atoms. The van der Waals surface area contributed by atoms with Crippen LogP contribution in [0.2, 0.25) is 10.0 Å². The van der Waals surface area contributed by atoms with Crippen molar-refractivity contribution in [1.29, 1.82) is 0 Å². The maximum absolute atomic E-state index is 13.6. The van der Waals surface area contributed by atoms with Crippen molar-refractivity contribution >= 4 is 34.7 Å². The molecule has 0 aliphatic carbocycles. The first-order valence-corrected chi connectivity index (χ1v) is 8.59. The summed E-state index contributed by atoms with van der Waals surface area (Å²) < 4.78 is 45.5. The molecule has 148 valence electrons. The predicted molar refractivity (Wildman–Crippen MR) is 102 cm³/mol. The van der Waals surface area contributed by atoms with E-state index in [4.69, 9.17) is 23.2 Å². The highest BCUT2D eigenvalue weighted by molar-refractivity contribution is 6.34. The number of carbonyl (C=O) groups is 1. The van der Waals surface area contributed by atoms with Crippen molar-refractivity contribution in [2.75, 3.05) is 7.11 Å². The van der Waals surface area contributed by atoms with Crippen LogP contribution >= 0.6 is 23.2 Å². The lowest BCUT2D eigenvalue weighted by Crippen LogP contribution is -2.12. The van der Waals surface area contributed by atoms with Crippen LogP contribution in [0.5, 0.6) is 0 Å². The number of nitroso groups, excluding NO2 is 1. The molecular weight excluding hydrogens is 418 g/mol. The summed E-state index contributed by atoms with van der Waals surface area (Å²) in [4.78, 5) is 23.0. The van der Waals surface area contributed by atoms with Crippen molar-refractivity contribution in [3.05, 3.63) is 79.7 Å². The standard InChI is InChI=1S/C19H14Cl2F3NO3/c1-10-5-11(3-4-15(10)18(26)28-2)17(25-27)9-16(19(22,23)24)12-6-13(20)8-14(21)7-12/h3-9,17H,1-2H3. The Labute approximate surface area is 168 Å². The number of allylic oxidation sites excluding steroid dienone is 1. The van der Waals surface area contributed by atoms with Crippen LogP contribution < -0.4 is 0 Å². The largest absolute Gasteiger partial charge is 0.465 e. The average Bonchev–Trinajstić information content (AvgIpc) is 2.59. The summed E-state index contributed by atoms with van der Waals surface area (Å²) in [6.45, 7) is 1.57. The van der Waals surface area contributed by atoms with Gasteiger partial charge in [-0.15, -0.1) is 4.91 Å². The number of esters is 1. The van der Waals surface area contributed by atoms with Gasteiger partial charge in [0.25, 0.3) is 0 Å². The molecule has 2 aromatic rings. The SMILES string of the molecule is COC(=O)c1ccc(C(C=C(c2cc(Cl)cc(Cl)c2)C(F)(F)F)N=O)cc1C. The Balaban J connectivity index is 2.56. The van der Waals surface area contributed by atoms with E-state index in [9.17, 15) is 22.9 Å². The Morgan fingerprint density at radius 1 is 1.14 bits per heavy atom. The maximum atomic E-state index is 13.6. The van der Waals surface area contributed by atoms with Crippen LogP contribution in [0.25, 0.3) is 5.57 Å². The van der Waals surface area contributed by atoms with Crippen LogP contribution in [0.1, 0.15) is 33.1 Å². The number of methoxy groups -OCH3 is 1. The maximum Gasteiger partial charge on any atom is 0.416 e. The van der Waals surface area contributed by atoms with E-state index in [1.807, 2.05) is 0 Å². The topological polar surface area (TPSA) is 55.7 Å². The lowest BCUT2D eigenvalue weighted by atomic mass is 9.96. The molecule has 0 fully saturated rings. The molecule has 0 aliphatic rings. The third kappa shape index (κ3) is 5.11. The van der Waals surface area contributed by atoms with Gasteiger partial charge in [-0.1, -0.05) is 40.5 Å². The number of nitrogens with zero attached hydrogens (tertiary/aromatic N) is 1. The summed E-state index contributed by atoms with van der Waals surface area (Å²) in [6, 6.07) is 6.17. The first kappa shape index (κ1) is 21.9. The van der Waals surface area contributed by atoms with Gasteiger partial charge < -0.3 is 4.74 Å². The molecule has 1 atom stereocenters. The van der Waals surface area contributed by atoms with Crippen molar-refractivity contribution < 1.29 is 22.7 Å². The lowest BCUT2D eigenvalue weighted by Gasteiger charge is -2.15. The second kappa shape index (κ2) is 8.75. The number of hydrogen-bond acceptors (Lipinski definition) is 4. The summed E-state index contributed by atoms with van der Waals surface area (Å²) in [5.41, 5.74) is -0.531. The van der Waals surface area contributed by atoms with E-state index >= 15 is 0 Å². The van der Waals surface area contributed by atoms with E-state index in [1.165, 1.54) is 31.4 Å². The number of hydrogen-bond donors (Lipinski definition) is 0. The highest BCUT2D eigenvalue weighted by atomic mass is 35.5. The molecule has 0 saturated heterocycles. The quantitative estimate of drug-likeness (QED) is 0.398. The Morgan fingerprint density at radius 3 is 2.21 bits per heavy atom. The molecule has 0 amide bonds. The monoisotopic (exact) mass is 431 g/mol. The molecule has 0 radical (unpaired) electrons. The minimum Gasteiger partial charge on any atom is -0.465 e. The van der Waals surface area contributed by atoms with Crippen LogP contribution in [0.4, 0.5) is 13.2 Å². The molecule has 1 unspecified atom stereocenters. The van der Waals surface area contributed by atoms with E-state index in [-0.39, 0.29) is 26.7 Å². The smallest absolute Gasteiger partial charge is 0.416 e. The Kier molecular flexibility index (Phi) is 6.85. The van der Waals surface area contributed by atoms with Crippen LogP contribution in [-0.4, -0.2) is 19.3 Å². The average molecular weight is 432 g/mol. The molecule has 0 N–H and O–H groups in total. The number of benzene rings is 2. The van der Waals surface area contributed by atoms with Crippen LogP contribution in [-0.2, 0) is 4.74 Å². The minimum absolute atomic E-state index is 0.0199. The molecule has 0 saturated carbocycles. The molecule has 2 aromatic carbocycles. The van der Waals surface area contributed by atoms with E-state index in [0.717, 1.165) is 12.1 Å². The van der Waals surface area contributed by atoms with E-state index in [2.05, 4.69) is 9.91 Å². The first-order valence-electron chi connectivity index (χ1n) is 7.83. The molecular formula is C19H14Cl2F3NO3. The summed E-state index contributed by atoms with van der Waals surface area (Å²) in [7, 11) is 1.21. The molecule has 0 heterocycles. The summed E-state index contributed by atoms with van der Waals surface area (Å²) in [5, 5.41) is 2.85. The number of alkyl halides is 3. The van der Waals surface area contributed by atoms with Crippen molar-refractivity contribution in [2.24, 2.45) is 5.18 Å². The summed E-state index contributed by atoms with van der Waals surface area (Å²) in [5.74, 6) is -0.597. The Morgan fingerprint density at radius 2 is 1.75 bits per heavy atom. The minimum atomic E-state index is -4.78. The number of carbonyl (C=O) groups excluding carboxylic acids is 1. The van der Waals surface area contributed by atoms with Crippen LogP contribution in [0.15, 0.2) is 47.7 Å². The van der Waals surface area contributed by atoms with E-state index < -0.39 is 23.8 Å². The van der Waals surface area contributed by atoms with Crippen LogP contribution in [0, 0.1) is 11.8 Å². The molecule has 0 bridgehead atoms. The number of rotatable bonds is 5. The predicted octanol–water partition coefficient (Wildman–Crippen LogP) is 6.54. The van der Waals surface area contributed by atoms with Crippen molar-refractivity contribution in [3.63, 3.8) is 0 Å². The van der Waals surface area contributed by atoms with Gasteiger partial charge in [-0.2, -0.15) is 13.2 Å². The Bertz CT molecular complexity index is 922. The van der Waals surface area contributed by atoms with Gasteiger partial charge in [0.05, 0.1) is 18.2 Å². The van der Waals surface area contributed by atoms with Crippen molar-refractivity contribution in [1.82, 2.24) is 0 Å². The highest BCUT2D eigenvalue weighted by Crippen LogP contribution is 2.38. The van der Waals surface area contributed by atoms with E-state index in [1.54, 1.807) is 6.92 Å². The molecule has 0 aromatic heterocycles. The summed E-state index contributed by atoms with van der Waals surface area (Å²) >= 11 is 11.6. The van der Waals surface area contributed by atoms with E-state index in [0.29, 0.717) is 11.6 Å². The molecule has 0 aliphatic heterocycles. The Hall–Kier alpha value is -2.38. The zero-order chi connectivity index (χ0) is 21.1. The third-order valence-electron chi connectivity index (χ3n) is 3.91.